The molecule has 0 saturated heterocycles. The van der Waals surface area contributed by atoms with Crippen molar-refractivity contribution in [3.05, 3.63) is 45.2 Å². The Labute approximate surface area is 125 Å². The molecule has 0 radical (unpaired) electrons. The van der Waals surface area contributed by atoms with E-state index in [0.29, 0.717) is 11.4 Å². The van der Waals surface area contributed by atoms with E-state index in [1.54, 1.807) is 29.3 Å². The third-order valence-corrected chi connectivity index (χ3v) is 4.84. The quantitative estimate of drug-likeness (QED) is 0.688. The Morgan fingerprint density at radius 2 is 2.26 bits per heavy atom. The second-order valence-electron chi connectivity index (χ2n) is 3.62. The zero-order valence-corrected chi connectivity index (χ0v) is 12.5. The van der Waals surface area contributed by atoms with Crippen LogP contribution in [0.5, 0.6) is 0 Å². The molecule has 98 valence electrons. The fraction of sp³-hybridized carbons (Fsp3) is 0.214. The lowest BCUT2D eigenvalue weighted by Crippen LogP contribution is -1.80. The highest BCUT2D eigenvalue weighted by atomic mass is 35.5. The molecule has 19 heavy (non-hydrogen) atoms. The maximum atomic E-state index is 8.66. The van der Waals surface area contributed by atoms with E-state index in [0.717, 1.165) is 15.7 Å². The van der Waals surface area contributed by atoms with Gasteiger partial charge in [0.15, 0.2) is 0 Å². The van der Waals surface area contributed by atoms with Crippen molar-refractivity contribution in [2.24, 2.45) is 0 Å². The van der Waals surface area contributed by atoms with Crippen LogP contribution in [0.1, 0.15) is 16.2 Å². The molecule has 0 aliphatic rings. The van der Waals surface area contributed by atoms with E-state index in [-0.39, 0.29) is 6.61 Å². The number of hydrogen-bond acceptors (Lipinski definition) is 4. The van der Waals surface area contributed by atoms with Crippen molar-refractivity contribution >= 4 is 34.7 Å². The van der Waals surface area contributed by atoms with Crippen molar-refractivity contribution in [2.75, 3.05) is 6.61 Å². The van der Waals surface area contributed by atoms with Gasteiger partial charge < -0.3 is 5.11 Å². The molecular weight excluding hydrogens is 298 g/mol. The third kappa shape index (κ3) is 4.55. The second-order valence-corrected chi connectivity index (χ2v) is 6.16. The molecule has 0 bridgehead atoms. The topological polar surface area (TPSA) is 33.1 Å². The van der Waals surface area contributed by atoms with Crippen LogP contribution in [0.15, 0.2) is 35.5 Å². The van der Waals surface area contributed by atoms with Crippen LogP contribution >= 0.6 is 34.7 Å². The SMILES string of the molecule is OCCC#Cc1ccc(CSc2ncccc2Cl)s1. The Balaban J connectivity index is 1.94. The lowest BCUT2D eigenvalue weighted by Gasteiger charge is -2.00. The molecule has 0 spiro atoms. The monoisotopic (exact) mass is 309 g/mol. The van der Waals surface area contributed by atoms with E-state index in [2.05, 4.69) is 22.9 Å². The van der Waals surface area contributed by atoms with Gasteiger partial charge in [-0.1, -0.05) is 35.2 Å². The Morgan fingerprint density at radius 1 is 1.37 bits per heavy atom. The number of thioether (sulfide) groups is 1. The number of hydrogen-bond donors (Lipinski definition) is 1. The second kappa shape index (κ2) is 7.56. The Kier molecular flexibility index (Phi) is 5.74. The Bertz CT molecular complexity index is 601. The summed E-state index contributed by atoms with van der Waals surface area (Å²) >= 11 is 9.34. The van der Waals surface area contributed by atoms with Gasteiger partial charge in [0.2, 0.25) is 0 Å². The van der Waals surface area contributed by atoms with E-state index < -0.39 is 0 Å². The number of aliphatic hydroxyl groups is 1. The first kappa shape index (κ1) is 14.4. The third-order valence-electron chi connectivity index (χ3n) is 2.19. The first-order valence-electron chi connectivity index (χ1n) is 5.71. The fourth-order valence-corrected chi connectivity index (χ4v) is 3.44. The molecular formula is C14H12ClNOS2. The lowest BCUT2D eigenvalue weighted by atomic mass is 10.4. The van der Waals surface area contributed by atoms with Crippen molar-refractivity contribution in [1.82, 2.24) is 4.98 Å². The molecule has 1 N–H and O–H groups in total. The van der Waals surface area contributed by atoms with E-state index >= 15 is 0 Å². The molecule has 5 heteroatoms. The van der Waals surface area contributed by atoms with Gasteiger partial charge in [0.1, 0.15) is 5.03 Å². The fourth-order valence-electron chi connectivity index (χ4n) is 1.35. The van der Waals surface area contributed by atoms with E-state index in [9.17, 15) is 0 Å². The molecule has 0 aliphatic heterocycles. The Morgan fingerprint density at radius 3 is 3.05 bits per heavy atom. The molecule has 0 amide bonds. The van der Waals surface area contributed by atoms with Crippen LogP contribution in [0.25, 0.3) is 0 Å². The van der Waals surface area contributed by atoms with Crippen molar-refractivity contribution < 1.29 is 5.11 Å². The highest BCUT2D eigenvalue weighted by Crippen LogP contribution is 2.29. The minimum Gasteiger partial charge on any atom is -0.395 e. The van der Waals surface area contributed by atoms with Crippen molar-refractivity contribution in [3.63, 3.8) is 0 Å². The number of nitrogens with zero attached hydrogens (tertiary/aromatic N) is 1. The number of aliphatic hydroxyl groups excluding tert-OH is 1. The van der Waals surface area contributed by atoms with Crippen LogP contribution in [-0.4, -0.2) is 16.7 Å². The predicted molar refractivity (Wildman–Crippen MR) is 81.7 cm³/mol. The summed E-state index contributed by atoms with van der Waals surface area (Å²) in [5.41, 5.74) is 0. The minimum atomic E-state index is 0.110. The summed E-state index contributed by atoms with van der Waals surface area (Å²) in [6.07, 6.45) is 2.26. The molecule has 0 aliphatic carbocycles. The van der Waals surface area contributed by atoms with Crippen molar-refractivity contribution in [3.8, 4) is 11.8 Å². The summed E-state index contributed by atoms with van der Waals surface area (Å²) in [4.78, 5) is 6.50. The standard InChI is InChI=1S/C14H12ClNOS2/c15-13-5-3-8-16-14(13)18-10-12-7-6-11(19-12)4-1-2-9-17/h3,5-8,17H,2,9-10H2. The summed E-state index contributed by atoms with van der Waals surface area (Å²) < 4.78 is 0. The average Bonchev–Trinajstić information content (AvgIpc) is 2.86. The van der Waals surface area contributed by atoms with E-state index in [1.165, 1.54) is 4.88 Å². The van der Waals surface area contributed by atoms with Crippen molar-refractivity contribution in [2.45, 2.75) is 17.2 Å². The summed E-state index contributed by atoms with van der Waals surface area (Å²) in [6.45, 7) is 0.110. The molecule has 2 heterocycles. The van der Waals surface area contributed by atoms with Gasteiger partial charge in [-0.05, 0) is 24.3 Å². The molecule has 0 unspecified atom stereocenters. The number of aromatic nitrogens is 1. The van der Waals surface area contributed by atoms with Crippen LogP contribution < -0.4 is 0 Å². The predicted octanol–water partition coefficient (Wildman–Crippen LogP) is 3.82. The number of thiophene rings is 1. The zero-order valence-electron chi connectivity index (χ0n) is 10.1. The summed E-state index contributed by atoms with van der Waals surface area (Å²) in [5, 5.41) is 10.2. The van der Waals surface area contributed by atoms with Crippen molar-refractivity contribution in [1.29, 1.82) is 0 Å². The number of pyridine rings is 1. The maximum absolute atomic E-state index is 8.66. The highest BCUT2D eigenvalue weighted by molar-refractivity contribution is 7.98. The van der Waals surface area contributed by atoms with Crippen LogP contribution in [-0.2, 0) is 5.75 Å². The molecule has 0 fully saturated rings. The molecule has 2 aromatic rings. The van der Waals surface area contributed by atoms with Gasteiger partial charge in [-0.15, -0.1) is 11.3 Å². The maximum Gasteiger partial charge on any atom is 0.115 e. The summed E-state index contributed by atoms with van der Waals surface area (Å²) in [7, 11) is 0. The van der Waals surface area contributed by atoms with Gasteiger partial charge in [-0.2, -0.15) is 0 Å². The first-order chi connectivity index (χ1) is 9.29. The lowest BCUT2D eigenvalue weighted by molar-refractivity contribution is 0.305. The summed E-state index contributed by atoms with van der Waals surface area (Å²) in [6, 6.07) is 7.74. The van der Waals surface area contributed by atoms with Gasteiger partial charge >= 0.3 is 0 Å². The zero-order chi connectivity index (χ0) is 13.5. The molecule has 2 nitrogen and oxygen atoms in total. The van der Waals surface area contributed by atoms with Crippen LogP contribution in [0.2, 0.25) is 5.02 Å². The highest BCUT2D eigenvalue weighted by Gasteiger charge is 2.04. The normalized spacial score (nSPS) is 10.0. The molecule has 0 atom stereocenters. The average molecular weight is 310 g/mol. The van der Waals surface area contributed by atoms with Gasteiger partial charge in [-0.3, -0.25) is 0 Å². The van der Waals surface area contributed by atoms with Crippen LogP contribution in [0.3, 0.4) is 0 Å². The van der Waals surface area contributed by atoms with Crippen LogP contribution in [0, 0.1) is 11.8 Å². The molecule has 2 rings (SSSR count). The van der Waals surface area contributed by atoms with E-state index in [4.69, 9.17) is 16.7 Å². The number of halogens is 1. The molecule has 0 aromatic carbocycles. The number of rotatable bonds is 4. The van der Waals surface area contributed by atoms with Gasteiger partial charge in [0.25, 0.3) is 0 Å². The largest absolute Gasteiger partial charge is 0.395 e. The summed E-state index contributed by atoms with van der Waals surface area (Å²) in [5.74, 6) is 6.79. The molecule has 0 saturated carbocycles. The van der Waals surface area contributed by atoms with Gasteiger partial charge in [0.05, 0.1) is 16.5 Å². The molecule has 2 aromatic heterocycles. The minimum absolute atomic E-state index is 0.110. The van der Waals surface area contributed by atoms with E-state index in [1.807, 2.05) is 18.2 Å². The smallest absolute Gasteiger partial charge is 0.115 e. The van der Waals surface area contributed by atoms with Gasteiger partial charge in [-0.25, -0.2) is 4.98 Å². The Hall–Kier alpha value is -0.990. The first-order valence-corrected chi connectivity index (χ1v) is 7.89. The van der Waals surface area contributed by atoms with Gasteiger partial charge in [0, 0.05) is 23.2 Å². The van der Waals surface area contributed by atoms with Crippen LogP contribution in [0.4, 0.5) is 0 Å².